The molecule has 0 saturated heterocycles. The number of hydrogen-bond acceptors (Lipinski definition) is 5. The highest BCUT2D eigenvalue weighted by Gasteiger charge is 2.18. The van der Waals surface area contributed by atoms with Crippen molar-refractivity contribution in [2.24, 2.45) is 0 Å². The number of nitrogens with zero attached hydrogens (tertiary/aromatic N) is 1. The average Bonchev–Trinajstić information content (AvgIpc) is 2.66. The van der Waals surface area contributed by atoms with Gasteiger partial charge in [0.2, 0.25) is 15.9 Å². The SMILES string of the molecule is COC(=O)c1cc(NC(=O)CCCN(c2ccc(F)cc2)S(C)(=O)=O)ccc1Cl. The van der Waals surface area contributed by atoms with Gasteiger partial charge >= 0.3 is 5.97 Å². The Balaban J connectivity index is 1.99. The van der Waals surface area contributed by atoms with Gasteiger partial charge in [-0.1, -0.05) is 11.6 Å². The molecule has 0 aromatic heterocycles. The number of methoxy groups -OCH3 is 1. The molecule has 1 N–H and O–H groups in total. The molecule has 2 aromatic carbocycles. The van der Waals surface area contributed by atoms with Crippen LogP contribution in [0.4, 0.5) is 15.8 Å². The van der Waals surface area contributed by atoms with E-state index in [4.69, 9.17) is 11.6 Å². The topological polar surface area (TPSA) is 92.8 Å². The third-order valence-electron chi connectivity index (χ3n) is 3.94. The second kappa shape index (κ2) is 9.71. The fourth-order valence-electron chi connectivity index (χ4n) is 2.57. The monoisotopic (exact) mass is 442 g/mol. The molecule has 10 heteroatoms. The van der Waals surface area contributed by atoms with Crippen LogP contribution >= 0.6 is 11.6 Å². The maximum Gasteiger partial charge on any atom is 0.339 e. The summed E-state index contributed by atoms with van der Waals surface area (Å²) in [6.07, 6.45) is 1.30. The minimum atomic E-state index is -3.60. The number of amides is 1. The van der Waals surface area contributed by atoms with E-state index < -0.39 is 21.8 Å². The number of carbonyl (C=O) groups is 2. The van der Waals surface area contributed by atoms with Crippen LogP contribution in [0.5, 0.6) is 0 Å². The quantitative estimate of drug-likeness (QED) is 0.632. The van der Waals surface area contributed by atoms with E-state index in [1.807, 2.05) is 0 Å². The first kappa shape index (κ1) is 22.6. The van der Waals surface area contributed by atoms with E-state index >= 15 is 0 Å². The van der Waals surface area contributed by atoms with Crippen LogP contribution in [0, 0.1) is 5.82 Å². The zero-order valence-corrected chi connectivity index (χ0v) is 17.4. The molecular formula is C19H20ClFN2O5S. The van der Waals surface area contributed by atoms with Gasteiger partial charge in [0.25, 0.3) is 0 Å². The Labute approximate surface area is 173 Å². The molecule has 0 radical (unpaired) electrons. The van der Waals surface area contributed by atoms with Crippen LogP contribution in [-0.4, -0.2) is 40.2 Å². The number of carbonyl (C=O) groups excluding carboxylic acids is 2. The molecule has 156 valence electrons. The van der Waals surface area contributed by atoms with Crippen molar-refractivity contribution >= 4 is 44.9 Å². The van der Waals surface area contributed by atoms with Crippen LogP contribution in [0.2, 0.25) is 5.02 Å². The third kappa shape index (κ3) is 6.43. The molecule has 0 unspecified atom stereocenters. The lowest BCUT2D eigenvalue weighted by atomic mass is 10.2. The third-order valence-corrected chi connectivity index (χ3v) is 5.46. The molecule has 2 aromatic rings. The molecule has 0 spiro atoms. The van der Waals surface area contributed by atoms with Crippen molar-refractivity contribution in [2.45, 2.75) is 12.8 Å². The summed E-state index contributed by atoms with van der Waals surface area (Å²) in [7, 11) is -2.38. The van der Waals surface area contributed by atoms with Crippen molar-refractivity contribution in [1.82, 2.24) is 0 Å². The van der Waals surface area contributed by atoms with Gasteiger partial charge in [-0.05, 0) is 48.9 Å². The largest absolute Gasteiger partial charge is 0.465 e. The molecular weight excluding hydrogens is 423 g/mol. The van der Waals surface area contributed by atoms with E-state index in [1.54, 1.807) is 0 Å². The molecule has 29 heavy (non-hydrogen) atoms. The van der Waals surface area contributed by atoms with E-state index in [0.717, 1.165) is 10.6 Å². The zero-order chi connectivity index (χ0) is 21.6. The second-order valence-electron chi connectivity index (χ2n) is 6.15. The molecule has 0 fully saturated rings. The molecule has 0 aliphatic heterocycles. The summed E-state index contributed by atoms with van der Waals surface area (Å²) < 4.78 is 42.9. The van der Waals surface area contributed by atoms with Gasteiger partial charge in [-0.3, -0.25) is 9.10 Å². The number of nitrogens with one attached hydrogen (secondary N) is 1. The van der Waals surface area contributed by atoms with Gasteiger partial charge in [0, 0.05) is 18.7 Å². The second-order valence-corrected chi connectivity index (χ2v) is 8.46. The van der Waals surface area contributed by atoms with Crippen molar-refractivity contribution in [3.05, 3.63) is 58.9 Å². The Bertz CT molecular complexity index is 996. The first-order chi connectivity index (χ1) is 13.6. The number of sulfonamides is 1. The van der Waals surface area contributed by atoms with Crippen molar-refractivity contribution in [1.29, 1.82) is 0 Å². The summed E-state index contributed by atoms with van der Waals surface area (Å²) in [5.74, 6) is -1.47. The van der Waals surface area contributed by atoms with Gasteiger partial charge in [0.15, 0.2) is 0 Å². The molecule has 0 bridgehead atoms. The van der Waals surface area contributed by atoms with E-state index in [1.165, 1.54) is 49.6 Å². The van der Waals surface area contributed by atoms with Gasteiger partial charge in [0.1, 0.15) is 5.82 Å². The molecule has 0 aliphatic carbocycles. The molecule has 1 amide bonds. The number of hydrogen-bond donors (Lipinski definition) is 1. The van der Waals surface area contributed by atoms with Crippen LogP contribution in [0.15, 0.2) is 42.5 Å². The predicted molar refractivity (Wildman–Crippen MR) is 109 cm³/mol. The Kier molecular flexibility index (Phi) is 7.58. The van der Waals surface area contributed by atoms with Crippen LogP contribution in [0.1, 0.15) is 23.2 Å². The normalized spacial score (nSPS) is 11.0. The first-order valence-corrected chi connectivity index (χ1v) is 10.8. The van der Waals surface area contributed by atoms with Gasteiger partial charge in [-0.25, -0.2) is 17.6 Å². The molecule has 0 saturated carbocycles. The lowest BCUT2D eigenvalue weighted by Gasteiger charge is -2.22. The summed E-state index contributed by atoms with van der Waals surface area (Å²) in [5, 5.41) is 2.82. The van der Waals surface area contributed by atoms with Gasteiger partial charge < -0.3 is 10.1 Å². The summed E-state index contributed by atoms with van der Waals surface area (Å²) in [6.45, 7) is 0.0475. The molecule has 7 nitrogen and oxygen atoms in total. The molecule has 0 aliphatic rings. The number of benzene rings is 2. The molecule has 0 heterocycles. The maximum absolute atomic E-state index is 13.1. The van der Waals surface area contributed by atoms with E-state index in [9.17, 15) is 22.4 Å². The zero-order valence-electron chi connectivity index (χ0n) is 15.8. The van der Waals surface area contributed by atoms with Crippen LogP contribution in [-0.2, 0) is 19.6 Å². The van der Waals surface area contributed by atoms with Gasteiger partial charge in [-0.2, -0.15) is 0 Å². The predicted octanol–water partition coefficient (Wildman–Crippen LogP) is 3.45. The minimum Gasteiger partial charge on any atom is -0.465 e. The molecule has 2 rings (SSSR count). The van der Waals surface area contributed by atoms with Crippen LogP contribution in [0.3, 0.4) is 0 Å². The van der Waals surface area contributed by atoms with Gasteiger partial charge in [0.05, 0.1) is 29.6 Å². The van der Waals surface area contributed by atoms with Crippen molar-refractivity contribution < 1.29 is 27.1 Å². The summed E-state index contributed by atoms with van der Waals surface area (Å²) in [6, 6.07) is 9.45. The van der Waals surface area contributed by atoms with E-state index in [-0.39, 0.29) is 35.9 Å². The van der Waals surface area contributed by atoms with E-state index in [0.29, 0.717) is 11.4 Å². The lowest BCUT2D eigenvalue weighted by molar-refractivity contribution is -0.116. The number of esters is 1. The Hall–Kier alpha value is -2.65. The van der Waals surface area contributed by atoms with Crippen molar-refractivity contribution in [3.8, 4) is 0 Å². The number of ether oxygens (including phenoxy) is 1. The average molecular weight is 443 g/mol. The maximum atomic E-state index is 13.1. The summed E-state index contributed by atoms with van der Waals surface area (Å²) in [5.41, 5.74) is 0.791. The lowest BCUT2D eigenvalue weighted by Crippen LogP contribution is -2.31. The number of anilines is 2. The smallest absolute Gasteiger partial charge is 0.339 e. The fraction of sp³-hybridized carbons (Fsp3) is 0.263. The first-order valence-electron chi connectivity index (χ1n) is 8.53. The highest BCUT2D eigenvalue weighted by atomic mass is 35.5. The number of rotatable bonds is 8. The van der Waals surface area contributed by atoms with Crippen molar-refractivity contribution in [2.75, 3.05) is 29.5 Å². The minimum absolute atomic E-state index is 0.0311. The summed E-state index contributed by atoms with van der Waals surface area (Å²) in [4.78, 5) is 23.8. The standard InChI is InChI=1S/C19H20ClFN2O5S/c1-28-19(25)16-12-14(7-10-17(16)20)22-18(24)4-3-11-23(29(2,26)27)15-8-5-13(21)6-9-15/h5-10,12H,3-4,11H2,1-2H3,(H,22,24). The highest BCUT2D eigenvalue weighted by molar-refractivity contribution is 7.92. The van der Waals surface area contributed by atoms with E-state index in [2.05, 4.69) is 10.1 Å². The molecule has 0 atom stereocenters. The Morgan fingerprint density at radius 2 is 1.83 bits per heavy atom. The van der Waals surface area contributed by atoms with Crippen LogP contribution < -0.4 is 9.62 Å². The van der Waals surface area contributed by atoms with Crippen molar-refractivity contribution in [3.63, 3.8) is 0 Å². The van der Waals surface area contributed by atoms with Crippen LogP contribution in [0.25, 0.3) is 0 Å². The van der Waals surface area contributed by atoms with Gasteiger partial charge in [-0.15, -0.1) is 0 Å². The fourth-order valence-corrected chi connectivity index (χ4v) is 3.73. The summed E-state index contributed by atoms with van der Waals surface area (Å²) >= 11 is 5.94. The highest BCUT2D eigenvalue weighted by Crippen LogP contribution is 2.22. The Morgan fingerprint density at radius 3 is 2.41 bits per heavy atom. The Morgan fingerprint density at radius 1 is 1.17 bits per heavy atom. The number of halogens is 2.